The van der Waals surface area contributed by atoms with Crippen LogP contribution in [0.4, 0.5) is 27.5 Å². The number of likely N-dealkylation sites (N-methyl/N-ethyl adjacent to an activating group) is 1. The van der Waals surface area contributed by atoms with Crippen molar-refractivity contribution < 1.29 is 28.7 Å². The molecular weight excluding hydrogens is 566 g/mol. The highest BCUT2D eigenvalue weighted by atomic mass is 16.6. The number of nitrogens with zero attached hydrogens (tertiary/aromatic N) is 3. The van der Waals surface area contributed by atoms with Crippen molar-refractivity contribution in [2.75, 3.05) is 29.7 Å². The Kier molecular flexibility index (Phi) is 8.08. The third kappa shape index (κ3) is 5.95. The molecule has 12 heteroatoms. The van der Waals surface area contributed by atoms with Gasteiger partial charge in [-0.3, -0.25) is 25.2 Å². The molecule has 1 aliphatic heterocycles. The lowest BCUT2D eigenvalue weighted by atomic mass is 9.91. The summed E-state index contributed by atoms with van der Waals surface area (Å²) in [5, 5.41) is 17.3. The number of benzene rings is 3. The fourth-order valence-corrected chi connectivity index (χ4v) is 5.08. The van der Waals surface area contributed by atoms with Crippen LogP contribution in [0.1, 0.15) is 25.0 Å². The van der Waals surface area contributed by atoms with Crippen LogP contribution in [0.2, 0.25) is 0 Å². The molecule has 226 valence electrons. The maximum absolute atomic E-state index is 13.3. The number of carbonyl (C=O) groups excluding carboxylic acids is 2. The number of nitro benzene ring substituents is 1. The average molecular weight is 598 g/mol. The van der Waals surface area contributed by atoms with Crippen LogP contribution in [0, 0.1) is 17.0 Å². The van der Waals surface area contributed by atoms with E-state index < -0.39 is 16.6 Å². The Morgan fingerprint density at radius 2 is 1.86 bits per heavy atom. The van der Waals surface area contributed by atoms with Gasteiger partial charge in [-0.15, -0.1) is 0 Å². The minimum atomic E-state index is -0.842. The van der Waals surface area contributed by atoms with Gasteiger partial charge in [-0.25, -0.2) is 4.79 Å². The Labute approximate surface area is 253 Å². The fraction of sp³-hybridized carbons (Fsp3) is 0.219. The average Bonchev–Trinajstić information content (AvgIpc) is 2.99. The Morgan fingerprint density at radius 3 is 2.57 bits per heavy atom. The molecule has 0 aliphatic carbocycles. The first-order valence-corrected chi connectivity index (χ1v) is 13.7. The van der Waals surface area contributed by atoms with Crippen molar-refractivity contribution in [3.8, 4) is 28.4 Å². The van der Waals surface area contributed by atoms with E-state index in [-0.39, 0.29) is 24.0 Å². The minimum Gasteiger partial charge on any atom is -0.496 e. The number of ether oxygens (including phenoxy) is 3. The zero-order valence-corrected chi connectivity index (χ0v) is 24.8. The maximum atomic E-state index is 13.3. The first-order chi connectivity index (χ1) is 21.0. The quantitative estimate of drug-likeness (QED) is 0.176. The van der Waals surface area contributed by atoms with Gasteiger partial charge in [-0.05, 0) is 68.3 Å². The third-order valence-electron chi connectivity index (χ3n) is 7.24. The summed E-state index contributed by atoms with van der Waals surface area (Å²) in [5.74, 6) is 0.842. The molecule has 2 N–H and O–H groups in total. The zero-order valence-electron chi connectivity index (χ0n) is 24.8. The highest BCUT2D eigenvalue weighted by Crippen LogP contribution is 2.45. The highest BCUT2D eigenvalue weighted by Gasteiger charge is 2.38. The summed E-state index contributed by atoms with van der Waals surface area (Å²) in [5.41, 5.74) is 3.57. The molecule has 2 amide bonds. The topological polar surface area (TPSA) is 145 Å². The standard InChI is InChI=1S/C32H31N5O7/c1-19-8-9-21(37(40)41)15-27(19)43-18-25-23(12-13-26-29(25)36(4)30(38)32(2,3)35-26)24-11-10-22(16-28(24)42-5)44-31(39)34-20-7-6-14-33-17-20/h6-17,35H,18H2,1-5H3,(H,34,39). The number of aryl methyl sites for hydroxylation is 1. The van der Waals surface area contributed by atoms with Gasteiger partial charge < -0.3 is 24.4 Å². The SMILES string of the molecule is COc1cc(OC(=O)Nc2cccnc2)ccc1-c1ccc2c(c1COc1cc([N+](=O)[O-])ccc1C)N(C)C(=O)C(C)(C)N2. The lowest BCUT2D eigenvalue weighted by Crippen LogP contribution is -2.52. The molecule has 0 saturated carbocycles. The number of amides is 2. The molecule has 5 rings (SSSR count). The van der Waals surface area contributed by atoms with Crippen molar-refractivity contribution in [2.45, 2.75) is 32.9 Å². The zero-order chi connectivity index (χ0) is 31.6. The summed E-state index contributed by atoms with van der Waals surface area (Å²) in [6.07, 6.45) is 2.39. The van der Waals surface area contributed by atoms with E-state index in [9.17, 15) is 19.7 Å². The largest absolute Gasteiger partial charge is 0.496 e. The van der Waals surface area contributed by atoms with Crippen molar-refractivity contribution in [2.24, 2.45) is 0 Å². The van der Waals surface area contributed by atoms with E-state index in [0.29, 0.717) is 45.1 Å². The summed E-state index contributed by atoms with van der Waals surface area (Å²) in [7, 11) is 3.20. The van der Waals surface area contributed by atoms with E-state index >= 15 is 0 Å². The highest BCUT2D eigenvalue weighted by molar-refractivity contribution is 6.08. The Morgan fingerprint density at radius 1 is 1.09 bits per heavy atom. The van der Waals surface area contributed by atoms with Crippen LogP contribution < -0.4 is 29.7 Å². The molecule has 0 bridgehead atoms. The van der Waals surface area contributed by atoms with Crippen LogP contribution in [-0.2, 0) is 11.4 Å². The van der Waals surface area contributed by atoms with Crippen molar-refractivity contribution in [1.82, 2.24) is 4.98 Å². The Hall–Kier alpha value is -5.65. The summed E-state index contributed by atoms with van der Waals surface area (Å²) < 4.78 is 17.4. The second kappa shape index (κ2) is 11.9. The van der Waals surface area contributed by atoms with Crippen molar-refractivity contribution in [3.63, 3.8) is 0 Å². The number of non-ortho nitro benzene ring substituents is 1. The van der Waals surface area contributed by atoms with Gasteiger partial charge in [0.25, 0.3) is 11.6 Å². The third-order valence-corrected chi connectivity index (χ3v) is 7.24. The summed E-state index contributed by atoms with van der Waals surface area (Å²) >= 11 is 0. The van der Waals surface area contributed by atoms with Gasteiger partial charge in [0, 0.05) is 36.5 Å². The predicted molar refractivity (Wildman–Crippen MR) is 166 cm³/mol. The van der Waals surface area contributed by atoms with Gasteiger partial charge >= 0.3 is 6.09 Å². The number of nitro groups is 1. The van der Waals surface area contributed by atoms with Crippen molar-refractivity contribution in [3.05, 3.63) is 94.3 Å². The molecule has 3 aromatic carbocycles. The lowest BCUT2D eigenvalue weighted by Gasteiger charge is -2.39. The summed E-state index contributed by atoms with van der Waals surface area (Å²) in [6, 6.07) is 16.5. The van der Waals surface area contributed by atoms with Crippen LogP contribution in [0.25, 0.3) is 11.1 Å². The molecule has 12 nitrogen and oxygen atoms in total. The smallest absolute Gasteiger partial charge is 0.417 e. The number of hydrogen-bond acceptors (Lipinski definition) is 9. The van der Waals surface area contributed by atoms with Crippen LogP contribution in [0.5, 0.6) is 17.2 Å². The Bertz CT molecular complexity index is 1760. The number of aromatic nitrogens is 1. The first kappa shape index (κ1) is 29.8. The van der Waals surface area contributed by atoms with Gasteiger partial charge in [0.2, 0.25) is 0 Å². The van der Waals surface area contributed by atoms with Crippen molar-refractivity contribution >= 4 is 34.7 Å². The van der Waals surface area contributed by atoms with Crippen LogP contribution in [0.3, 0.4) is 0 Å². The second-order valence-electron chi connectivity index (χ2n) is 10.7. The van der Waals surface area contributed by atoms with E-state index in [0.717, 1.165) is 5.69 Å². The van der Waals surface area contributed by atoms with E-state index in [4.69, 9.17) is 14.2 Å². The molecule has 1 aliphatic rings. The minimum absolute atomic E-state index is 0.0187. The second-order valence-corrected chi connectivity index (χ2v) is 10.7. The van der Waals surface area contributed by atoms with E-state index in [1.807, 2.05) is 12.1 Å². The Balaban J connectivity index is 1.54. The maximum Gasteiger partial charge on any atom is 0.417 e. The molecule has 0 radical (unpaired) electrons. The molecule has 0 fully saturated rings. The van der Waals surface area contributed by atoms with Crippen LogP contribution in [-0.4, -0.2) is 41.6 Å². The number of rotatable bonds is 8. The number of carbonyl (C=O) groups is 2. The van der Waals surface area contributed by atoms with E-state index in [2.05, 4.69) is 15.6 Å². The van der Waals surface area contributed by atoms with Gasteiger partial charge in [0.1, 0.15) is 29.4 Å². The molecule has 0 atom stereocenters. The number of hydrogen-bond donors (Lipinski definition) is 2. The van der Waals surface area contributed by atoms with Gasteiger partial charge in [-0.2, -0.15) is 0 Å². The summed E-state index contributed by atoms with van der Waals surface area (Å²) in [6.45, 7) is 5.39. The van der Waals surface area contributed by atoms with Gasteiger partial charge in [-0.1, -0.05) is 6.07 Å². The fourth-order valence-electron chi connectivity index (χ4n) is 5.08. The van der Waals surface area contributed by atoms with E-state index in [1.165, 1.54) is 25.4 Å². The number of pyridine rings is 1. The first-order valence-electron chi connectivity index (χ1n) is 13.7. The normalized spacial score (nSPS) is 13.4. The van der Waals surface area contributed by atoms with E-state index in [1.54, 1.807) is 75.3 Å². The number of fused-ring (bicyclic) bond motifs is 1. The number of nitrogens with one attached hydrogen (secondary N) is 2. The molecule has 44 heavy (non-hydrogen) atoms. The van der Waals surface area contributed by atoms with Gasteiger partial charge in [0.05, 0.1) is 41.4 Å². The molecule has 0 spiro atoms. The van der Waals surface area contributed by atoms with Gasteiger partial charge in [0.15, 0.2) is 0 Å². The molecule has 0 unspecified atom stereocenters. The monoisotopic (exact) mass is 597 g/mol. The molecule has 2 heterocycles. The molecular formula is C32H31N5O7. The number of anilines is 3. The molecule has 1 aromatic heterocycles. The molecule has 4 aromatic rings. The molecule has 0 saturated heterocycles. The number of methoxy groups -OCH3 is 1. The summed E-state index contributed by atoms with van der Waals surface area (Å²) in [4.78, 5) is 42.3. The van der Waals surface area contributed by atoms with Crippen LogP contribution >= 0.6 is 0 Å². The predicted octanol–water partition coefficient (Wildman–Crippen LogP) is 6.33. The van der Waals surface area contributed by atoms with Crippen molar-refractivity contribution in [1.29, 1.82) is 0 Å². The van der Waals surface area contributed by atoms with Crippen LogP contribution in [0.15, 0.2) is 73.1 Å². The lowest BCUT2D eigenvalue weighted by molar-refractivity contribution is -0.385.